The van der Waals surface area contributed by atoms with E-state index in [-0.39, 0.29) is 17.2 Å². The summed E-state index contributed by atoms with van der Waals surface area (Å²) in [6, 6.07) is 0. The average molecular weight is 297 g/mol. The van der Waals surface area contributed by atoms with E-state index in [9.17, 15) is 4.79 Å². The SMILES string of the molecule is CCCC[C@H](CC)C(=O)Nc1nnc(C(C)(C)CC)s1. The first-order valence-electron chi connectivity index (χ1n) is 7.59. The van der Waals surface area contributed by atoms with Crippen molar-refractivity contribution >= 4 is 22.4 Å². The number of nitrogens with zero attached hydrogens (tertiary/aromatic N) is 2. The lowest BCUT2D eigenvalue weighted by molar-refractivity contribution is -0.120. The molecule has 5 heteroatoms. The topological polar surface area (TPSA) is 54.9 Å². The van der Waals surface area contributed by atoms with Gasteiger partial charge in [0.1, 0.15) is 5.01 Å². The van der Waals surface area contributed by atoms with Crippen LogP contribution in [0.5, 0.6) is 0 Å². The molecule has 0 saturated carbocycles. The molecule has 0 saturated heterocycles. The Balaban J connectivity index is 2.66. The zero-order valence-electron chi connectivity index (χ0n) is 13.3. The quantitative estimate of drug-likeness (QED) is 0.774. The number of carbonyl (C=O) groups is 1. The van der Waals surface area contributed by atoms with Gasteiger partial charge in [0.2, 0.25) is 11.0 Å². The molecule has 1 aromatic heterocycles. The van der Waals surface area contributed by atoms with Gasteiger partial charge in [-0.25, -0.2) is 0 Å². The normalized spacial score (nSPS) is 13.2. The highest BCUT2D eigenvalue weighted by Crippen LogP contribution is 2.31. The predicted octanol–water partition coefficient (Wildman–Crippen LogP) is 4.38. The number of aromatic nitrogens is 2. The van der Waals surface area contributed by atoms with Crippen LogP contribution >= 0.6 is 11.3 Å². The molecule has 1 amide bonds. The Morgan fingerprint density at radius 1 is 1.30 bits per heavy atom. The Hall–Kier alpha value is -0.970. The van der Waals surface area contributed by atoms with Gasteiger partial charge in [-0.05, 0) is 19.3 Å². The van der Waals surface area contributed by atoms with E-state index < -0.39 is 0 Å². The molecule has 0 radical (unpaired) electrons. The predicted molar refractivity (Wildman–Crippen MR) is 85.2 cm³/mol. The third-order valence-corrected chi connectivity index (χ3v) is 5.09. The fourth-order valence-corrected chi connectivity index (χ4v) is 2.80. The molecule has 1 heterocycles. The van der Waals surface area contributed by atoms with Gasteiger partial charge in [-0.3, -0.25) is 4.79 Å². The molecule has 0 spiro atoms. The minimum Gasteiger partial charge on any atom is -0.300 e. The minimum absolute atomic E-state index is 0.0208. The third kappa shape index (κ3) is 4.54. The summed E-state index contributed by atoms with van der Waals surface area (Å²) in [5, 5.41) is 12.9. The molecule has 0 fully saturated rings. The lowest BCUT2D eigenvalue weighted by Gasteiger charge is -2.17. The maximum Gasteiger partial charge on any atom is 0.229 e. The van der Waals surface area contributed by atoms with E-state index in [0.717, 1.165) is 37.1 Å². The first-order valence-corrected chi connectivity index (χ1v) is 8.41. The average Bonchev–Trinajstić information content (AvgIpc) is 2.89. The summed E-state index contributed by atoms with van der Waals surface area (Å²) in [4.78, 5) is 12.2. The van der Waals surface area contributed by atoms with Gasteiger partial charge in [0.25, 0.3) is 0 Å². The number of hydrogen-bond acceptors (Lipinski definition) is 4. The Morgan fingerprint density at radius 2 is 2.00 bits per heavy atom. The number of unbranched alkanes of at least 4 members (excludes halogenated alkanes) is 1. The first-order chi connectivity index (χ1) is 9.44. The molecule has 0 aliphatic carbocycles. The number of amides is 1. The van der Waals surface area contributed by atoms with Crippen LogP contribution in [0, 0.1) is 5.92 Å². The van der Waals surface area contributed by atoms with Gasteiger partial charge in [0.15, 0.2) is 0 Å². The molecule has 0 aliphatic heterocycles. The number of carbonyl (C=O) groups excluding carboxylic acids is 1. The summed E-state index contributed by atoms with van der Waals surface area (Å²) in [6.45, 7) is 10.6. The second-order valence-electron chi connectivity index (χ2n) is 5.89. The molecular formula is C15H27N3OS. The molecule has 0 aliphatic rings. The van der Waals surface area contributed by atoms with Crippen molar-refractivity contribution in [3.63, 3.8) is 0 Å². The van der Waals surface area contributed by atoms with E-state index in [1.54, 1.807) is 0 Å². The van der Waals surface area contributed by atoms with E-state index in [1.165, 1.54) is 11.3 Å². The van der Waals surface area contributed by atoms with Gasteiger partial charge in [-0.2, -0.15) is 0 Å². The van der Waals surface area contributed by atoms with Crippen LogP contribution in [0.25, 0.3) is 0 Å². The second-order valence-corrected chi connectivity index (χ2v) is 6.86. The Morgan fingerprint density at radius 3 is 2.55 bits per heavy atom. The van der Waals surface area contributed by atoms with Crippen LogP contribution in [0.4, 0.5) is 5.13 Å². The summed E-state index contributed by atoms with van der Waals surface area (Å²) in [5.74, 6) is 0.166. The molecule has 20 heavy (non-hydrogen) atoms. The van der Waals surface area contributed by atoms with Gasteiger partial charge < -0.3 is 5.32 Å². The Labute approximate surface area is 126 Å². The lowest BCUT2D eigenvalue weighted by atomic mass is 9.91. The number of hydrogen-bond donors (Lipinski definition) is 1. The van der Waals surface area contributed by atoms with Gasteiger partial charge in [0.05, 0.1) is 0 Å². The van der Waals surface area contributed by atoms with Crippen LogP contribution in [0.15, 0.2) is 0 Å². The minimum atomic E-state index is 0.0208. The van der Waals surface area contributed by atoms with Crippen LogP contribution in [-0.2, 0) is 10.2 Å². The number of anilines is 1. The molecule has 1 aromatic rings. The van der Waals surface area contributed by atoms with Crippen molar-refractivity contribution in [3.8, 4) is 0 Å². The van der Waals surface area contributed by atoms with Crippen LogP contribution in [0.2, 0.25) is 0 Å². The highest BCUT2D eigenvalue weighted by atomic mass is 32.1. The van der Waals surface area contributed by atoms with Crippen molar-refractivity contribution in [2.45, 2.75) is 72.1 Å². The summed E-state index contributed by atoms with van der Waals surface area (Å²) >= 11 is 1.49. The smallest absolute Gasteiger partial charge is 0.229 e. The van der Waals surface area contributed by atoms with E-state index in [1.807, 2.05) is 0 Å². The molecular weight excluding hydrogens is 270 g/mol. The fourth-order valence-electron chi connectivity index (χ4n) is 1.88. The Bertz CT molecular complexity index is 429. The molecule has 114 valence electrons. The van der Waals surface area contributed by atoms with E-state index in [0.29, 0.717) is 5.13 Å². The molecule has 0 unspecified atom stereocenters. The maximum absolute atomic E-state index is 12.2. The Kier molecular flexibility index (Phi) is 6.59. The van der Waals surface area contributed by atoms with Crippen molar-refractivity contribution in [3.05, 3.63) is 5.01 Å². The molecule has 4 nitrogen and oxygen atoms in total. The summed E-state index contributed by atoms with van der Waals surface area (Å²) < 4.78 is 0. The van der Waals surface area contributed by atoms with Crippen molar-refractivity contribution in [1.82, 2.24) is 10.2 Å². The lowest BCUT2D eigenvalue weighted by Crippen LogP contribution is -2.22. The van der Waals surface area contributed by atoms with Crippen LogP contribution in [0.1, 0.15) is 71.7 Å². The van der Waals surface area contributed by atoms with Gasteiger partial charge >= 0.3 is 0 Å². The van der Waals surface area contributed by atoms with Gasteiger partial charge in [-0.15, -0.1) is 10.2 Å². The number of rotatable bonds is 8. The molecule has 1 N–H and O–H groups in total. The van der Waals surface area contributed by atoms with E-state index in [2.05, 4.69) is 50.1 Å². The molecule has 1 rings (SSSR count). The van der Waals surface area contributed by atoms with Gasteiger partial charge in [0, 0.05) is 11.3 Å². The summed E-state index contributed by atoms with van der Waals surface area (Å²) in [7, 11) is 0. The highest BCUT2D eigenvalue weighted by molar-refractivity contribution is 7.15. The maximum atomic E-state index is 12.2. The highest BCUT2D eigenvalue weighted by Gasteiger charge is 2.24. The van der Waals surface area contributed by atoms with Crippen molar-refractivity contribution in [2.24, 2.45) is 5.92 Å². The summed E-state index contributed by atoms with van der Waals surface area (Å²) in [6.07, 6.45) is 5.04. The second kappa shape index (κ2) is 7.72. The van der Waals surface area contributed by atoms with E-state index >= 15 is 0 Å². The molecule has 0 bridgehead atoms. The first kappa shape index (κ1) is 17.1. The monoisotopic (exact) mass is 297 g/mol. The summed E-state index contributed by atoms with van der Waals surface area (Å²) in [5.41, 5.74) is 0.0208. The van der Waals surface area contributed by atoms with Crippen molar-refractivity contribution < 1.29 is 4.79 Å². The van der Waals surface area contributed by atoms with Crippen molar-refractivity contribution in [1.29, 1.82) is 0 Å². The third-order valence-electron chi connectivity index (χ3n) is 3.89. The number of nitrogens with one attached hydrogen (secondary N) is 1. The zero-order chi connectivity index (χ0) is 15.2. The van der Waals surface area contributed by atoms with E-state index in [4.69, 9.17) is 0 Å². The van der Waals surface area contributed by atoms with Crippen LogP contribution in [-0.4, -0.2) is 16.1 Å². The zero-order valence-corrected chi connectivity index (χ0v) is 14.1. The van der Waals surface area contributed by atoms with Crippen LogP contribution in [0.3, 0.4) is 0 Å². The van der Waals surface area contributed by atoms with Crippen molar-refractivity contribution in [2.75, 3.05) is 5.32 Å². The standard InChI is InChI=1S/C15H27N3OS/c1-6-9-10-11(7-2)12(19)16-14-18-17-13(20-14)15(4,5)8-3/h11H,6-10H2,1-5H3,(H,16,18,19)/t11-/m0/s1. The largest absolute Gasteiger partial charge is 0.300 e. The van der Waals surface area contributed by atoms with Crippen LogP contribution < -0.4 is 5.32 Å². The fraction of sp³-hybridized carbons (Fsp3) is 0.800. The van der Waals surface area contributed by atoms with Gasteiger partial charge in [-0.1, -0.05) is 58.8 Å². The molecule has 0 aromatic carbocycles. The molecule has 1 atom stereocenters.